The molecule has 3 unspecified atom stereocenters. The number of allylic oxidation sites excluding steroid dienone is 2. The maximum absolute atomic E-state index is 13.3. The van der Waals surface area contributed by atoms with Crippen molar-refractivity contribution in [3.05, 3.63) is 12.2 Å². The SMILES string of the molecule is N#CC1C=CC(C#N)(C(F)F)C(Cl)(C#N)C1(C#N)C#N. The van der Waals surface area contributed by atoms with E-state index in [1.807, 2.05) is 0 Å². The normalized spacial score (nSPS) is 34.0. The highest BCUT2D eigenvalue weighted by Crippen LogP contribution is 2.58. The van der Waals surface area contributed by atoms with Gasteiger partial charge in [0.05, 0.1) is 36.3 Å². The highest BCUT2D eigenvalue weighted by molar-refractivity contribution is 6.28. The maximum atomic E-state index is 13.3. The molecule has 3 atom stereocenters. The molecule has 0 saturated carbocycles. The molecule has 0 aromatic heterocycles. The van der Waals surface area contributed by atoms with E-state index in [-0.39, 0.29) is 0 Å². The third kappa shape index (κ3) is 1.41. The smallest absolute Gasteiger partial charge is 0.208 e. The van der Waals surface area contributed by atoms with Gasteiger partial charge in [0.25, 0.3) is 6.43 Å². The summed E-state index contributed by atoms with van der Waals surface area (Å²) in [5.41, 5.74) is -5.44. The van der Waals surface area contributed by atoms with E-state index in [2.05, 4.69) is 0 Å². The van der Waals surface area contributed by atoms with E-state index >= 15 is 0 Å². The molecule has 1 aliphatic rings. The fourth-order valence-corrected chi connectivity index (χ4v) is 2.46. The summed E-state index contributed by atoms with van der Waals surface area (Å²) in [6.07, 6.45) is -1.93. The summed E-state index contributed by atoms with van der Waals surface area (Å²) in [4.78, 5) is -2.87. The van der Waals surface area contributed by atoms with Gasteiger partial charge in [-0.3, -0.25) is 0 Å². The van der Waals surface area contributed by atoms with Crippen molar-refractivity contribution in [2.24, 2.45) is 16.7 Å². The lowest BCUT2D eigenvalue weighted by molar-refractivity contribution is 0.0213. The summed E-state index contributed by atoms with van der Waals surface area (Å²) in [5, 5.41) is 45.5. The van der Waals surface area contributed by atoms with Gasteiger partial charge in [-0.25, -0.2) is 8.78 Å². The van der Waals surface area contributed by atoms with Crippen LogP contribution in [0.5, 0.6) is 0 Å². The predicted octanol–water partition coefficient (Wildman–Crippen LogP) is 2.01. The van der Waals surface area contributed by atoms with Crippen molar-refractivity contribution < 1.29 is 8.78 Å². The first kappa shape index (κ1) is 15.4. The number of nitriles is 5. The van der Waals surface area contributed by atoms with E-state index in [0.717, 1.165) is 6.08 Å². The van der Waals surface area contributed by atoms with Crippen molar-refractivity contribution in [1.82, 2.24) is 0 Å². The van der Waals surface area contributed by atoms with Gasteiger partial charge in [0.15, 0.2) is 15.7 Å². The first-order valence-corrected chi connectivity index (χ1v) is 5.44. The Kier molecular flexibility index (Phi) is 3.69. The molecule has 0 amide bonds. The van der Waals surface area contributed by atoms with Crippen LogP contribution in [-0.2, 0) is 0 Å². The zero-order valence-electron chi connectivity index (χ0n) is 9.68. The van der Waals surface area contributed by atoms with Gasteiger partial charge in [-0.15, -0.1) is 0 Å². The van der Waals surface area contributed by atoms with Gasteiger partial charge in [-0.05, 0) is 0 Å². The monoisotopic (exact) mass is 291 g/mol. The van der Waals surface area contributed by atoms with Crippen molar-refractivity contribution >= 4 is 11.6 Å². The second kappa shape index (κ2) is 4.79. The van der Waals surface area contributed by atoms with E-state index < -0.39 is 28.0 Å². The van der Waals surface area contributed by atoms with Crippen LogP contribution in [0.3, 0.4) is 0 Å². The fraction of sp³-hybridized carbons (Fsp3) is 0.417. The van der Waals surface area contributed by atoms with Crippen LogP contribution in [0.2, 0.25) is 0 Å². The number of rotatable bonds is 1. The van der Waals surface area contributed by atoms with Crippen LogP contribution in [0.25, 0.3) is 0 Å². The molecule has 20 heavy (non-hydrogen) atoms. The molecule has 0 saturated heterocycles. The molecule has 0 aliphatic heterocycles. The Balaban J connectivity index is 3.91. The third-order valence-electron chi connectivity index (χ3n) is 3.31. The molecule has 8 heteroatoms. The Morgan fingerprint density at radius 1 is 1.00 bits per heavy atom. The van der Waals surface area contributed by atoms with Crippen LogP contribution in [-0.4, -0.2) is 11.3 Å². The molecule has 0 fully saturated rings. The highest BCUT2D eigenvalue weighted by atomic mass is 35.5. The molecule has 5 nitrogen and oxygen atoms in total. The molecule has 0 aromatic carbocycles. The Morgan fingerprint density at radius 3 is 1.85 bits per heavy atom. The van der Waals surface area contributed by atoms with Crippen molar-refractivity contribution in [1.29, 1.82) is 26.3 Å². The van der Waals surface area contributed by atoms with Gasteiger partial charge < -0.3 is 0 Å². The van der Waals surface area contributed by atoms with E-state index in [0.29, 0.717) is 6.08 Å². The summed E-state index contributed by atoms with van der Waals surface area (Å²) in [7, 11) is 0. The quantitative estimate of drug-likeness (QED) is 0.540. The summed E-state index contributed by atoms with van der Waals surface area (Å²) < 4.78 is 26.6. The van der Waals surface area contributed by atoms with Gasteiger partial charge in [-0.2, -0.15) is 26.3 Å². The number of hydrogen-bond donors (Lipinski definition) is 0. The van der Waals surface area contributed by atoms with Gasteiger partial charge in [0.1, 0.15) is 0 Å². The van der Waals surface area contributed by atoms with Crippen LogP contribution in [0.4, 0.5) is 8.78 Å². The second-order valence-corrected chi connectivity index (χ2v) is 4.62. The zero-order valence-corrected chi connectivity index (χ0v) is 10.4. The van der Waals surface area contributed by atoms with E-state index in [4.69, 9.17) is 27.4 Å². The van der Waals surface area contributed by atoms with Gasteiger partial charge in [0, 0.05) is 0 Å². The van der Waals surface area contributed by atoms with Gasteiger partial charge in [0.2, 0.25) is 0 Å². The average molecular weight is 292 g/mol. The number of alkyl halides is 3. The molecule has 0 bridgehead atoms. The minimum absolute atomic E-state index is 0.634. The second-order valence-electron chi connectivity index (χ2n) is 4.05. The summed E-state index contributed by atoms with van der Waals surface area (Å²) >= 11 is 5.86. The molecule has 0 radical (unpaired) electrons. The molecule has 0 spiro atoms. The van der Waals surface area contributed by atoms with Crippen molar-refractivity contribution in [2.75, 3.05) is 0 Å². The van der Waals surface area contributed by atoms with Gasteiger partial charge in [-0.1, -0.05) is 23.8 Å². The fourth-order valence-electron chi connectivity index (χ4n) is 2.07. The van der Waals surface area contributed by atoms with Crippen LogP contribution >= 0.6 is 11.6 Å². The number of nitrogens with zero attached hydrogens (tertiary/aromatic N) is 5. The number of hydrogen-bond acceptors (Lipinski definition) is 5. The van der Waals surface area contributed by atoms with Crippen LogP contribution in [0.1, 0.15) is 0 Å². The van der Waals surface area contributed by atoms with Crippen molar-refractivity contribution in [2.45, 2.75) is 11.3 Å². The summed E-state index contributed by atoms with van der Waals surface area (Å²) in [6.45, 7) is 0. The predicted molar refractivity (Wildman–Crippen MR) is 60.1 cm³/mol. The molecular weight excluding hydrogens is 288 g/mol. The topological polar surface area (TPSA) is 119 Å². The van der Waals surface area contributed by atoms with Crippen LogP contribution in [0, 0.1) is 73.4 Å². The molecule has 1 aliphatic carbocycles. The zero-order chi connectivity index (χ0) is 15.6. The largest absolute Gasteiger partial charge is 0.263 e. The van der Waals surface area contributed by atoms with E-state index in [1.54, 1.807) is 6.07 Å². The summed E-state index contributed by atoms with van der Waals surface area (Å²) in [5.74, 6) is -1.50. The average Bonchev–Trinajstić information content (AvgIpc) is 2.46. The number of halogens is 3. The minimum Gasteiger partial charge on any atom is -0.208 e. The lowest BCUT2D eigenvalue weighted by Gasteiger charge is -2.45. The van der Waals surface area contributed by atoms with Crippen LogP contribution in [0.15, 0.2) is 12.2 Å². The molecular formula is C12H4ClF2N5. The Labute approximate surface area is 118 Å². The highest BCUT2D eigenvalue weighted by Gasteiger charge is 2.72. The van der Waals surface area contributed by atoms with E-state index in [9.17, 15) is 19.3 Å². The van der Waals surface area contributed by atoms with Crippen LogP contribution < -0.4 is 0 Å². The van der Waals surface area contributed by atoms with Crippen molar-refractivity contribution in [3.63, 3.8) is 0 Å². The maximum Gasteiger partial charge on any atom is 0.263 e. The first-order valence-electron chi connectivity index (χ1n) is 5.06. The van der Waals surface area contributed by atoms with E-state index in [1.165, 1.54) is 24.3 Å². The molecule has 0 aromatic rings. The standard InChI is InChI=1S/C12H4ClF2N5/c13-12(7-20)10(4-17,9(14)15)2-1-8(3-16)11(12,5-18)6-19/h1-2,8-9H. The molecule has 0 N–H and O–H groups in total. The minimum atomic E-state index is -3.42. The molecule has 98 valence electrons. The lowest BCUT2D eigenvalue weighted by Crippen LogP contribution is -2.60. The Bertz CT molecular complexity index is 654. The molecule has 0 heterocycles. The summed E-state index contributed by atoms with van der Waals surface area (Å²) in [6, 6.07) is 6.82. The lowest BCUT2D eigenvalue weighted by atomic mass is 9.55. The van der Waals surface area contributed by atoms with Crippen molar-refractivity contribution in [3.8, 4) is 30.3 Å². The van der Waals surface area contributed by atoms with Gasteiger partial charge >= 0.3 is 0 Å². The molecule has 1 rings (SSSR count). The Hall–Kier alpha value is -2.66. The Morgan fingerprint density at radius 2 is 1.55 bits per heavy atom. The third-order valence-corrected chi connectivity index (χ3v) is 4.00. The first-order chi connectivity index (χ1) is 9.35.